The van der Waals surface area contributed by atoms with Gasteiger partial charge in [0.25, 0.3) is 11.8 Å². The van der Waals surface area contributed by atoms with Crippen LogP contribution < -0.4 is 10.1 Å². The van der Waals surface area contributed by atoms with E-state index in [-0.39, 0.29) is 24.3 Å². The molecule has 2 aliphatic heterocycles. The Balaban J connectivity index is 1.37. The molecular formula is C29H29ClN4O5. The van der Waals surface area contributed by atoms with Crippen molar-refractivity contribution < 1.29 is 23.9 Å². The maximum Gasteiger partial charge on any atom is 0.257 e. The molecule has 3 amide bonds. The molecule has 1 unspecified atom stereocenters. The van der Waals surface area contributed by atoms with E-state index >= 15 is 0 Å². The smallest absolute Gasteiger partial charge is 0.257 e. The molecule has 0 saturated carbocycles. The van der Waals surface area contributed by atoms with Crippen LogP contribution in [0.4, 0.5) is 0 Å². The van der Waals surface area contributed by atoms with Crippen LogP contribution in [-0.4, -0.2) is 71.1 Å². The number of amides is 3. The maximum atomic E-state index is 14.0. The number of piperidine rings is 1. The van der Waals surface area contributed by atoms with Crippen molar-refractivity contribution >= 4 is 29.3 Å². The number of methoxy groups -OCH3 is 1. The average Bonchev–Trinajstić information content (AvgIpc) is 3.34. The van der Waals surface area contributed by atoms with Gasteiger partial charge in [-0.2, -0.15) is 0 Å². The molecule has 10 heteroatoms. The van der Waals surface area contributed by atoms with E-state index in [1.165, 1.54) is 7.11 Å². The second-order valence-electron chi connectivity index (χ2n) is 9.55. The molecule has 1 spiro atoms. The molecule has 0 radical (unpaired) electrons. The van der Waals surface area contributed by atoms with Gasteiger partial charge in [0, 0.05) is 61.0 Å². The lowest BCUT2D eigenvalue weighted by Crippen LogP contribution is -2.59. The number of rotatable bonds is 6. The van der Waals surface area contributed by atoms with Gasteiger partial charge in [0.2, 0.25) is 5.91 Å². The number of ether oxygens (including phenoxy) is 2. The lowest BCUT2D eigenvalue weighted by atomic mass is 9.96. The van der Waals surface area contributed by atoms with Crippen molar-refractivity contribution in [3.63, 3.8) is 0 Å². The van der Waals surface area contributed by atoms with Crippen LogP contribution in [0.5, 0.6) is 5.75 Å². The fourth-order valence-corrected chi connectivity index (χ4v) is 5.23. The van der Waals surface area contributed by atoms with Crippen LogP contribution in [0.15, 0.2) is 73.1 Å². The molecule has 0 aliphatic carbocycles. The van der Waals surface area contributed by atoms with Crippen molar-refractivity contribution in [1.29, 1.82) is 0 Å². The summed E-state index contributed by atoms with van der Waals surface area (Å²) in [5, 5.41) is 3.49. The Morgan fingerprint density at radius 3 is 2.44 bits per heavy atom. The SMILES string of the molecule is COc1cccc(C(=O)N2C(C(=O)NCc3ccncc3)COC23CCN(C(=O)c2ccc(Cl)cc2)CC3)c1. The molecule has 3 heterocycles. The van der Waals surface area contributed by atoms with E-state index in [1.807, 2.05) is 12.1 Å². The van der Waals surface area contributed by atoms with E-state index in [2.05, 4.69) is 10.3 Å². The highest BCUT2D eigenvalue weighted by Crippen LogP contribution is 2.39. The lowest BCUT2D eigenvalue weighted by molar-refractivity contribution is -0.128. The van der Waals surface area contributed by atoms with Gasteiger partial charge in [-0.05, 0) is 60.2 Å². The molecule has 5 rings (SSSR count). The third kappa shape index (κ3) is 5.60. The first-order valence-electron chi connectivity index (χ1n) is 12.7. The van der Waals surface area contributed by atoms with E-state index in [1.54, 1.807) is 70.7 Å². The highest BCUT2D eigenvalue weighted by atomic mass is 35.5. The number of likely N-dealkylation sites (tertiary alicyclic amines) is 1. The molecule has 1 N–H and O–H groups in total. The second kappa shape index (κ2) is 11.4. The Labute approximate surface area is 231 Å². The predicted molar refractivity (Wildman–Crippen MR) is 144 cm³/mol. The second-order valence-corrected chi connectivity index (χ2v) is 9.99. The molecule has 2 aromatic carbocycles. The highest BCUT2D eigenvalue weighted by molar-refractivity contribution is 6.30. The van der Waals surface area contributed by atoms with Crippen molar-refractivity contribution in [2.45, 2.75) is 31.2 Å². The van der Waals surface area contributed by atoms with Crippen molar-refractivity contribution in [1.82, 2.24) is 20.1 Å². The van der Waals surface area contributed by atoms with E-state index in [9.17, 15) is 14.4 Å². The molecule has 1 aromatic heterocycles. The minimum absolute atomic E-state index is 0.0585. The number of nitrogens with zero attached hydrogens (tertiary/aromatic N) is 3. The fourth-order valence-electron chi connectivity index (χ4n) is 5.10. The number of nitrogens with one attached hydrogen (secondary N) is 1. The molecule has 2 saturated heterocycles. The van der Waals surface area contributed by atoms with Gasteiger partial charge in [-0.25, -0.2) is 0 Å². The Kier molecular flexibility index (Phi) is 7.81. The Morgan fingerprint density at radius 2 is 1.74 bits per heavy atom. The molecule has 0 bridgehead atoms. The van der Waals surface area contributed by atoms with E-state index in [0.717, 1.165) is 5.56 Å². The summed E-state index contributed by atoms with van der Waals surface area (Å²) >= 11 is 5.97. The summed E-state index contributed by atoms with van der Waals surface area (Å²) in [7, 11) is 1.53. The summed E-state index contributed by atoms with van der Waals surface area (Å²) in [5.74, 6) is -0.207. The first kappa shape index (κ1) is 26.6. The first-order chi connectivity index (χ1) is 18.9. The zero-order chi connectivity index (χ0) is 27.4. The van der Waals surface area contributed by atoms with E-state index in [0.29, 0.717) is 54.4 Å². The summed E-state index contributed by atoms with van der Waals surface area (Å²) in [5.41, 5.74) is 0.813. The molecule has 2 fully saturated rings. The largest absolute Gasteiger partial charge is 0.497 e. The van der Waals surface area contributed by atoms with Gasteiger partial charge >= 0.3 is 0 Å². The Hall–Kier alpha value is -3.95. The first-order valence-corrected chi connectivity index (χ1v) is 13.1. The third-order valence-corrected chi connectivity index (χ3v) is 7.49. The van der Waals surface area contributed by atoms with Crippen LogP contribution in [0.3, 0.4) is 0 Å². The summed E-state index contributed by atoms with van der Waals surface area (Å²) < 4.78 is 11.6. The molecule has 3 aromatic rings. The summed E-state index contributed by atoms with van der Waals surface area (Å²) in [6, 6.07) is 16.4. The highest BCUT2D eigenvalue weighted by Gasteiger charge is 2.54. The van der Waals surface area contributed by atoms with Gasteiger partial charge in [0.05, 0.1) is 13.7 Å². The topological polar surface area (TPSA) is 101 Å². The van der Waals surface area contributed by atoms with Crippen LogP contribution in [-0.2, 0) is 16.1 Å². The Bertz CT molecular complexity index is 1340. The van der Waals surface area contributed by atoms with Gasteiger partial charge in [-0.3, -0.25) is 24.3 Å². The minimum Gasteiger partial charge on any atom is -0.497 e. The number of carbonyl (C=O) groups excluding carboxylic acids is 3. The van der Waals surface area contributed by atoms with Crippen LogP contribution in [0.1, 0.15) is 39.1 Å². The van der Waals surface area contributed by atoms with Crippen molar-refractivity contribution in [3.8, 4) is 5.75 Å². The zero-order valence-electron chi connectivity index (χ0n) is 21.5. The lowest BCUT2D eigenvalue weighted by Gasteiger charge is -2.44. The average molecular weight is 549 g/mol. The summed E-state index contributed by atoms with van der Waals surface area (Å²) in [6.45, 7) is 1.10. The summed E-state index contributed by atoms with van der Waals surface area (Å²) in [4.78, 5) is 47.8. The van der Waals surface area contributed by atoms with Crippen molar-refractivity contribution in [2.75, 3.05) is 26.8 Å². The van der Waals surface area contributed by atoms with Crippen LogP contribution in [0, 0.1) is 0 Å². The molecular weight excluding hydrogens is 520 g/mol. The number of halogens is 1. The number of hydrogen-bond donors (Lipinski definition) is 1. The number of aromatic nitrogens is 1. The number of benzene rings is 2. The molecule has 2 aliphatic rings. The van der Waals surface area contributed by atoms with Crippen LogP contribution in [0.25, 0.3) is 0 Å². The molecule has 1 atom stereocenters. The molecule has 202 valence electrons. The zero-order valence-corrected chi connectivity index (χ0v) is 22.3. The fraction of sp³-hybridized carbons (Fsp3) is 0.310. The molecule has 39 heavy (non-hydrogen) atoms. The van der Waals surface area contributed by atoms with Gasteiger partial charge in [0.15, 0.2) is 0 Å². The van der Waals surface area contributed by atoms with Gasteiger partial charge in [0.1, 0.15) is 17.5 Å². The van der Waals surface area contributed by atoms with E-state index in [4.69, 9.17) is 21.1 Å². The number of carbonyl (C=O) groups is 3. The number of hydrogen-bond acceptors (Lipinski definition) is 6. The van der Waals surface area contributed by atoms with Crippen LogP contribution >= 0.6 is 11.6 Å². The normalized spacial score (nSPS) is 18.2. The minimum atomic E-state index is -1.02. The van der Waals surface area contributed by atoms with E-state index < -0.39 is 11.8 Å². The monoisotopic (exact) mass is 548 g/mol. The number of pyridine rings is 1. The summed E-state index contributed by atoms with van der Waals surface area (Å²) in [6.07, 6.45) is 4.06. The quantitative estimate of drug-likeness (QED) is 0.506. The van der Waals surface area contributed by atoms with Gasteiger partial charge in [-0.15, -0.1) is 0 Å². The van der Waals surface area contributed by atoms with Crippen molar-refractivity contribution in [3.05, 3.63) is 94.8 Å². The van der Waals surface area contributed by atoms with Crippen molar-refractivity contribution in [2.24, 2.45) is 0 Å². The predicted octanol–water partition coefficient (Wildman–Crippen LogP) is 3.53. The van der Waals surface area contributed by atoms with Gasteiger partial charge < -0.3 is 19.7 Å². The van der Waals surface area contributed by atoms with Crippen LogP contribution in [0.2, 0.25) is 5.02 Å². The Morgan fingerprint density at radius 1 is 1.03 bits per heavy atom. The van der Waals surface area contributed by atoms with Gasteiger partial charge in [-0.1, -0.05) is 17.7 Å². The standard InChI is InChI=1S/C29H29ClN4O5/c1-38-24-4-2-3-22(17-24)28(37)34-25(26(35)32-18-20-9-13-31-14-10-20)19-39-29(34)11-15-33(16-12-29)27(36)21-5-7-23(30)8-6-21/h2-10,13-14,17,25H,11-12,15-16,18-19H2,1H3,(H,32,35). The maximum absolute atomic E-state index is 14.0. The third-order valence-electron chi connectivity index (χ3n) is 7.24. The molecule has 9 nitrogen and oxygen atoms in total.